The zero-order valence-corrected chi connectivity index (χ0v) is 7.63. The monoisotopic (exact) mass is 165 g/mol. The molecule has 0 unspecified atom stereocenters. The summed E-state index contributed by atoms with van der Waals surface area (Å²) in [4.78, 5) is 10.9. The molecular weight excluding hydrogens is 150 g/mol. The summed E-state index contributed by atoms with van der Waals surface area (Å²) in [7, 11) is 0. The first-order chi connectivity index (χ1) is 5.66. The molecule has 2 heteroatoms. The molecule has 0 saturated heterocycles. The third-order valence-corrected chi connectivity index (χ3v) is 1.12. The highest BCUT2D eigenvalue weighted by Crippen LogP contribution is 1.82. The summed E-state index contributed by atoms with van der Waals surface area (Å²) in [6.45, 7) is 7.98. The molecule has 2 nitrogen and oxygen atoms in total. The van der Waals surface area contributed by atoms with Gasteiger partial charge in [-0.15, -0.1) is 0 Å². The Morgan fingerprint density at radius 3 is 2.67 bits per heavy atom. The van der Waals surface area contributed by atoms with Crippen molar-refractivity contribution in [1.82, 2.24) is 5.32 Å². The van der Waals surface area contributed by atoms with E-state index in [1.165, 1.54) is 6.08 Å². The molecule has 12 heavy (non-hydrogen) atoms. The highest BCUT2D eigenvalue weighted by molar-refractivity contribution is 5.87. The smallest absolute Gasteiger partial charge is 0.244 e. The number of hydrogen-bond acceptors (Lipinski definition) is 1. The van der Waals surface area contributed by atoms with Gasteiger partial charge in [-0.05, 0) is 13.8 Å². The van der Waals surface area contributed by atoms with Crippen LogP contribution in [0.25, 0.3) is 0 Å². The molecule has 66 valence electrons. The molecule has 0 atom stereocenters. The molecule has 1 amide bonds. The lowest BCUT2D eigenvalue weighted by atomic mass is 10.3. The van der Waals surface area contributed by atoms with Gasteiger partial charge in [0, 0.05) is 12.6 Å². The highest BCUT2D eigenvalue weighted by atomic mass is 16.1. The Morgan fingerprint density at radius 2 is 2.17 bits per heavy atom. The summed E-state index contributed by atoms with van der Waals surface area (Å²) in [5.41, 5.74) is 0.947. The average molecular weight is 165 g/mol. The topological polar surface area (TPSA) is 29.1 Å². The third-order valence-electron chi connectivity index (χ3n) is 1.12. The summed E-state index contributed by atoms with van der Waals surface area (Å²) in [5.74, 6) is -0.0869. The fourth-order valence-electron chi connectivity index (χ4n) is 0.551. The fraction of sp³-hybridized carbons (Fsp3) is 0.300. The van der Waals surface area contributed by atoms with Gasteiger partial charge >= 0.3 is 0 Å². The van der Waals surface area contributed by atoms with E-state index in [9.17, 15) is 4.79 Å². The van der Waals surface area contributed by atoms with Gasteiger partial charge in [0.1, 0.15) is 0 Å². The SMILES string of the molecule is C=C(C)CNC(=O)/C=C/C=C/C. The van der Waals surface area contributed by atoms with Gasteiger partial charge in [0.05, 0.1) is 0 Å². The average Bonchev–Trinajstić information content (AvgIpc) is 2.01. The van der Waals surface area contributed by atoms with Crippen LogP contribution in [0.1, 0.15) is 13.8 Å². The van der Waals surface area contributed by atoms with Crippen molar-refractivity contribution in [3.8, 4) is 0 Å². The largest absolute Gasteiger partial charge is 0.349 e. The van der Waals surface area contributed by atoms with Crippen LogP contribution in [0.2, 0.25) is 0 Å². The fourth-order valence-corrected chi connectivity index (χ4v) is 0.551. The molecule has 0 aliphatic heterocycles. The Bertz CT molecular complexity index is 214. The molecule has 0 radical (unpaired) electrons. The second-order valence-corrected chi connectivity index (χ2v) is 2.56. The standard InChI is InChI=1S/C10H15NO/c1-4-5-6-7-10(12)11-8-9(2)3/h4-7H,2,8H2,1,3H3,(H,11,12)/b5-4+,7-6+. The van der Waals surface area contributed by atoms with E-state index in [1.807, 2.05) is 19.9 Å². The maximum Gasteiger partial charge on any atom is 0.244 e. The normalized spacial score (nSPS) is 10.8. The highest BCUT2D eigenvalue weighted by Gasteiger charge is 1.91. The lowest BCUT2D eigenvalue weighted by Crippen LogP contribution is -2.22. The van der Waals surface area contributed by atoms with Gasteiger partial charge in [0.2, 0.25) is 5.91 Å². The molecule has 0 spiro atoms. The van der Waals surface area contributed by atoms with Crippen LogP contribution in [0.4, 0.5) is 0 Å². The Morgan fingerprint density at radius 1 is 1.50 bits per heavy atom. The quantitative estimate of drug-likeness (QED) is 0.384. The molecule has 0 fully saturated rings. The van der Waals surface area contributed by atoms with Gasteiger partial charge < -0.3 is 5.32 Å². The van der Waals surface area contributed by atoms with Crippen molar-refractivity contribution in [3.63, 3.8) is 0 Å². The minimum Gasteiger partial charge on any atom is -0.349 e. The third kappa shape index (κ3) is 6.81. The predicted molar refractivity (Wildman–Crippen MR) is 51.8 cm³/mol. The van der Waals surface area contributed by atoms with E-state index in [1.54, 1.807) is 12.2 Å². The lowest BCUT2D eigenvalue weighted by molar-refractivity contribution is -0.116. The van der Waals surface area contributed by atoms with Crippen molar-refractivity contribution in [1.29, 1.82) is 0 Å². The number of allylic oxidation sites excluding steroid dienone is 3. The number of nitrogens with one attached hydrogen (secondary N) is 1. The van der Waals surface area contributed by atoms with E-state index in [-0.39, 0.29) is 5.91 Å². The predicted octanol–water partition coefficient (Wildman–Crippen LogP) is 1.81. The first-order valence-electron chi connectivity index (χ1n) is 3.88. The second kappa shape index (κ2) is 6.40. The number of carbonyl (C=O) groups is 1. The zero-order chi connectivity index (χ0) is 9.40. The number of rotatable bonds is 4. The number of hydrogen-bond donors (Lipinski definition) is 1. The van der Waals surface area contributed by atoms with Gasteiger partial charge in [-0.1, -0.05) is 30.4 Å². The Hall–Kier alpha value is -1.31. The Kier molecular flexibility index (Phi) is 5.70. The molecule has 0 saturated carbocycles. The van der Waals surface area contributed by atoms with Crippen molar-refractivity contribution in [2.75, 3.05) is 6.54 Å². The number of amides is 1. The summed E-state index contributed by atoms with van der Waals surface area (Å²) in [6, 6.07) is 0. The van der Waals surface area contributed by atoms with Crippen molar-refractivity contribution < 1.29 is 4.79 Å². The van der Waals surface area contributed by atoms with Crippen molar-refractivity contribution >= 4 is 5.91 Å². The summed E-state index contributed by atoms with van der Waals surface area (Å²) >= 11 is 0. The van der Waals surface area contributed by atoms with Crippen molar-refractivity contribution in [2.24, 2.45) is 0 Å². The zero-order valence-electron chi connectivity index (χ0n) is 7.63. The van der Waals surface area contributed by atoms with E-state index >= 15 is 0 Å². The molecule has 1 N–H and O–H groups in total. The molecule has 0 aliphatic rings. The minimum atomic E-state index is -0.0869. The Labute approximate surface area is 73.7 Å². The van der Waals surface area contributed by atoms with Crippen LogP contribution in [0.5, 0.6) is 0 Å². The molecular formula is C10H15NO. The summed E-state index contributed by atoms with van der Waals surface area (Å²) < 4.78 is 0. The van der Waals surface area contributed by atoms with Crippen LogP contribution >= 0.6 is 0 Å². The Balaban J connectivity index is 3.67. The van der Waals surface area contributed by atoms with Gasteiger partial charge in [-0.2, -0.15) is 0 Å². The molecule has 0 rings (SSSR count). The van der Waals surface area contributed by atoms with Gasteiger partial charge in [0.25, 0.3) is 0 Å². The first kappa shape index (κ1) is 10.7. The van der Waals surface area contributed by atoms with Crippen LogP contribution in [-0.4, -0.2) is 12.5 Å². The van der Waals surface area contributed by atoms with Crippen LogP contribution in [0.15, 0.2) is 36.5 Å². The number of carbonyl (C=O) groups excluding carboxylic acids is 1. The molecule has 0 bridgehead atoms. The van der Waals surface area contributed by atoms with E-state index in [2.05, 4.69) is 11.9 Å². The molecule has 0 heterocycles. The van der Waals surface area contributed by atoms with E-state index < -0.39 is 0 Å². The molecule has 0 aromatic rings. The summed E-state index contributed by atoms with van der Waals surface area (Å²) in [6.07, 6.45) is 6.86. The van der Waals surface area contributed by atoms with E-state index in [0.29, 0.717) is 6.54 Å². The van der Waals surface area contributed by atoms with Crippen LogP contribution in [-0.2, 0) is 4.79 Å². The van der Waals surface area contributed by atoms with Crippen molar-refractivity contribution in [2.45, 2.75) is 13.8 Å². The van der Waals surface area contributed by atoms with Gasteiger partial charge in [-0.25, -0.2) is 0 Å². The maximum absolute atomic E-state index is 10.9. The minimum absolute atomic E-state index is 0.0869. The van der Waals surface area contributed by atoms with E-state index in [4.69, 9.17) is 0 Å². The van der Waals surface area contributed by atoms with Gasteiger partial charge in [0.15, 0.2) is 0 Å². The molecule has 0 aliphatic carbocycles. The second-order valence-electron chi connectivity index (χ2n) is 2.56. The molecule has 0 aromatic heterocycles. The maximum atomic E-state index is 10.9. The van der Waals surface area contributed by atoms with Crippen LogP contribution < -0.4 is 5.32 Å². The van der Waals surface area contributed by atoms with E-state index in [0.717, 1.165) is 5.57 Å². The van der Waals surface area contributed by atoms with Gasteiger partial charge in [-0.3, -0.25) is 4.79 Å². The summed E-state index contributed by atoms with van der Waals surface area (Å²) in [5, 5.41) is 2.68. The van der Waals surface area contributed by atoms with Crippen molar-refractivity contribution in [3.05, 3.63) is 36.5 Å². The van der Waals surface area contributed by atoms with Crippen LogP contribution in [0.3, 0.4) is 0 Å². The lowest BCUT2D eigenvalue weighted by Gasteiger charge is -1.98. The van der Waals surface area contributed by atoms with Crippen LogP contribution in [0, 0.1) is 0 Å². The molecule has 0 aromatic carbocycles. The first-order valence-corrected chi connectivity index (χ1v) is 3.88.